The highest BCUT2D eigenvalue weighted by Gasteiger charge is 2.23. The topological polar surface area (TPSA) is 66.5 Å². The van der Waals surface area contributed by atoms with Crippen molar-refractivity contribution in [2.24, 2.45) is 0 Å². The molecule has 1 aromatic heterocycles. The third-order valence-corrected chi connectivity index (χ3v) is 5.09. The number of likely N-dealkylation sites (N-methyl/N-ethyl adjacent to an activating group) is 1. The molecule has 6 heteroatoms. The lowest BCUT2D eigenvalue weighted by molar-refractivity contribution is 0.102. The normalized spacial score (nSPS) is 16.2. The average Bonchev–Trinajstić information content (AvgIpc) is 3.18. The van der Waals surface area contributed by atoms with Gasteiger partial charge in [-0.2, -0.15) is 0 Å². The lowest BCUT2D eigenvalue weighted by atomic mass is 10.2. The van der Waals surface area contributed by atoms with Crippen LogP contribution in [0.2, 0.25) is 0 Å². The van der Waals surface area contributed by atoms with Crippen LogP contribution in [0.15, 0.2) is 36.5 Å². The number of aromatic nitrogens is 1. The average molecular weight is 383 g/mol. The molecule has 150 valence electrons. The Morgan fingerprint density at radius 1 is 1.32 bits per heavy atom. The molecule has 1 aromatic carbocycles. The second-order valence-electron chi connectivity index (χ2n) is 7.27. The molecule has 1 unspecified atom stereocenters. The molecule has 1 amide bonds. The van der Waals surface area contributed by atoms with Gasteiger partial charge in [0, 0.05) is 24.7 Å². The van der Waals surface area contributed by atoms with Gasteiger partial charge in [0.2, 0.25) is 0 Å². The zero-order valence-corrected chi connectivity index (χ0v) is 17.0. The molecule has 1 aliphatic heterocycles. The molecule has 1 fully saturated rings. The zero-order valence-electron chi connectivity index (χ0n) is 17.0. The Bertz CT molecular complexity index is 792. The van der Waals surface area contributed by atoms with Gasteiger partial charge in [-0.1, -0.05) is 13.3 Å². The van der Waals surface area contributed by atoms with E-state index in [1.165, 1.54) is 0 Å². The Hall–Kier alpha value is -2.60. The van der Waals surface area contributed by atoms with Gasteiger partial charge in [0.15, 0.2) is 0 Å². The fourth-order valence-corrected chi connectivity index (χ4v) is 3.40. The number of anilines is 2. The Labute approximate surface area is 167 Å². The van der Waals surface area contributed by atoms with E-state index in [1.807, 2.05) is 32.2 Å². The zero-order chi connectivity index (χ0) is 19.9. The SMILES string of the molecule is CCCCOc1ccc(C(=O)Nc2cnc(N3CCC(NC)C3)c(C)c2)cc1. The molecule has 1 saturated heterocycles. The minimum Gasteiger partial charge on any atom is -0.494 e. The van der Waals surface area contributed by atoms with Gasteiger partial charge in [0.25, 0.3) is 5.91 Å². The summed E-state index contributed by atoms with van der Waals surface area (Å²) in [6.45, 7) is 6.82. The van der Waals surface area contributed by atoms with Crippen LogP contribution in [0, 0.1) is 6.92 Å². The van der Waals surface area contributed by atoms with E-state index >= 15 is 0 Å². The van der Waals surface area contributed by atoms with Crippen molar-refractivity contribution in [1.29, 1.82) is 0 Å². The third-order valence-electron chi connectivity index (χ3n) is 5.09. The van der Waals surface area contributed by atoms with E-state index in [9.17, 15) is 4.79 Å². The summed E-state index contributed by atoms with van der Waals surface area (Å²) in [7, 11) is 2.00. The van der Waals surface area contributed by atoms with Gasteiger partial charge in [0.05, 0.1) is 18.5 Å². The van der Waals surface area contributed by atoms with Crippen LogP contribution in [0.4, 0.5) is 11.5 Å². The van der Waals surface area contributed by atoms with E-state index in [-0.39, 0.29) is 5.91 Å². The standard InChI is InChI=1S/C22H30N4O2/c1-4-5-12-28-20-8-6-17(7-9-20)22(27)25-19-13-16(2)21(24-14-19)26-11-10-18(15-26)23-3/h6-9,13-14,18,23H,4-5,10-12,15H2,1-3H3,(H,25,27). The van der Waals surface area contributed by atoms with Crippen LogP contribution in [0.25, 0.3) is 0 Å². The maximum absolute atomic E-state index is 12.5. The van der Waals surface area contributed by atoms with Gasteiger partial charge >= 0.3 is 0 Å². The number of hydrogen-bond donors (Lipinski definition) is 2. The number of aryl methyl sites for hydroxylation is 1. The second kappa shape index (κ2) is 9.55. The first kappa shape index (κ1) is 20.1. The molecule has 1 atom stereocenters. The predicted octanol–water partition coefficient (Wildman–Crippen LogP) is 3.62. The van der Waals surface area contributed by atoms with Crippen molar-refractivity contribution in [1.82, 2.24) is 10.3 Å². The summed E-state index contributed by atoms with van der Waals surface area (Å²) in [6, 6.07) is 9.73. The minimum absolute atomic E-state index is 0.148. The van der Waals surface area contributed by atoms with Crippen LogP contribution in [0.3, 0.4) is 0 Å². The molecule has 0 spiro atoms. The molecular weight excluding hydrogens is 352 g/mol. The van der Waals surface area contributed by atoms with Crippen molar-refractivity contribution in [3.05, 3.63) is 47.7 Å². The predicted molar refractivity (Wildman–Crippen MR) is 113 cm³/mol. The Morgan fingerprint density at radius 3 is 2.75 bits per heavy atom. The first-order valence-electron chi connectivity index (χ1n) is 10.0. The summed E-state index contributed by atoms with van der Waals surface area (Å²) in [6.07, 6.45) is 4.97. The summed E-state index contributed by atoms with van der Waals surface area (Å²) in [5.74, 6) is 1.63. The molecule has 2 aromatic rings. The number of nitrogens with zero attached hydrogens (tertiary/aromatic N) is 2. The van der Waals surface area contributed by atoms with E-state index < -0.39 is 0 Å². The molecule has 0 saturated carbocycles. The summed E-state index contributed by atoms with van der Waals surface area (Å²) >= 11 is 0. The molecule has 2 heterocycles. The van der Waals surface area contributed by atoms with E-state index in [0.717, 1.165) is 49.5 Å². The Morgan fingerprint density at radius 2 is 2.11 bits per heavy atom. The fourth-order valence-electron chi connectivity index (χ4n) is 3.40. The second-order valence-corrected chi connectivity index (χ2v) is 7.27. The van der Waals surface area contributed by atoms with Crippen molar-refractivity contribution >= 4 is 17.4 Å². The van der Waals surface area contributed by atoms with Crippen molar-refractivity contribution in [2.45, 2.75) is 39.2 Å². The highest BCUT2D eigenvalue weighted by atomic mass is 16.5. The molecular formula is C22H30N4O2. The lowest BCUT2D eigenvalue weighted by Crippen LogP contribution is -2.30. The van der Waals surface area contributed by atoms with E-state index in [2.05, 4.69) is 27.4 Å². The van der Waals surface area contributed by atoms with Crippen molar-refractivity contribution in [2.75, 3.05) is 37.0 Å². The Kier molecular flexibility index (Phi) is 6.87. The first-order valence-corrected chi connectivity index (χ1v) is 10.0. The number of benzene rings is 1. The number of ether oxygens (including phenoxy) is 1. The number of amides is 1. The van der Waals surface area contributed by atoms with E-state index in [0.29, 0.717) is 23.9 Å². The number of carbonyl (C=O) groups excluding carboxylic acids is 1. The van der Waals surface area contributed by atoms with Gasteiger partial charge in [-0.3, -0.25) is 4.79 Å². The molecule has 0 bridgehead atoms. The first-order chi connectivity index (χ1) is 13.6. The van der Waals surface area contributed by atoms with Gasteiger partial charge in [-0.15, -0.1) is 0 Å². The van der Waals surface area contributed by atoms with Gasteiger partial charge in [0.1, 0.15) is 11.6 Å². The summed E-state index contributed by atoms with van der Waals surface area (Å²) in [4.78, 5) is 19.4. The highest BCUT2D eigenvalue weighted by Crippen LogP contribution is 2.24. The molecule has 3 rings (SSSR count). The molecule has 28 heavy (non-hydrogen) atoms. The van der Waals surface area contributed by atoms with Gasteiger partial charge in [-0.05, 0) is 62.7 Å². The summed E-state index contributed by atoms with van der Waals surface area (Å²) in [5.41, 5.74) is 2.37. The summed E-state index contributed by atoms with van der Waals surface area (Å²) in [5, 5.41) is 6.26. The molecule has 1 aliphatic rings. The van der Waals surface area contributed by atoms with Crippen LogP contribution in [-0.2, 0) is 0 Å². The number of unbranched alkanes of at least 4 members (excludes halogenated alkanes) is 1. The molecule has 0 radical (unpaired) electrons. The van der Waals surface area contributed by atoms with Gasteiger partial charge in [-0.25, -0.2) is 4.98 Å². The smallest absolute Gasteiger partial charge is 0.255 e. The summed E-state index contributed by atoms with van der Waals surface area (Å²) < 4.78 is 5.64. The molecule has 0 aliphatic carbocycles. The largest absolute Gasteiger partial charge is 0.494 e. The minimum atomic E-state index is -0.148. The number of hydrogen-bond acceptors (Lipinski definition) is 5. The van der Waals surface area contributed by atoms with Crippen molar-refractivity contribution < 1.29 is 9.53 Å². The number of pyridine rings is 1. The van der Waals surface area contributed by atoms with Crippen LogP contribution in [0.1, 0.15) is 42.1 Å². The highest BCUT2D eigenvalue weighted by molar-refractivity contribution is 6.04. The monoisotopic (exact) mass is 382 g/mol. The maximum atomic E-state index is 12.5. The fraction of sp³-hybridized carbons (Fsp3) is 0.455. The molecule has 2 N–H and O–H groups in total. The lowest BCUT2D eigenvalue weighted by Gasteiger charge is -2.20. The number of carbonyl (C=O) groups is 1. The van der Waals surface area contributed by atoms with Crippen molar-refractivity contribution in [3.8, 4) is 5.75 Å². The number of rotatable bonds is 8. The van der Waals surface area contributed by atoms with E-state index in [1.54, 1.807) is 18.3 Å². The van der Waals surface area contributed by atoms with Crippen LogP contribution in [-0.4, -0.2) is 43.7 Å². The van der Waals surface area contributed by atoms with Crippen LogP contribution < -0.4 is 20.3 Å². The van der Waals surface area contributed by atoms with E-state index in [4.69, 9.17) is 4.74 Å². The van der Waals surface area contributed by atoms with Crippen LogP contribution >= 0.6 is 0 Å². The quantitative estimate of drug-likeness (QED) is 0.683. The van der Waals surface area contributed by atoms with Gasteiger partial charge < -0.3 is 20.3 Å². The Balaban J connectivity index is 1.60. The molecule has 6 nitrogen and oxygen atoms in total. The maximum Gasteiger partial charge on any atom is 0.255 e. The third kappa shape index (κ3) is 5.01. The van der Waals surface area contributed by atoms with Crippen molar-refractivity contribution in [3.63, 3.8) is 0 Å². The van der Waals surface area contributed by atoms with Crippen LogP contribution in [0.5, 0.6) is 5.75 Å². The number of nitrogens with one attached hydrogen (secondary N) is 2.